The van der Waals surface area contributed by atoms with Gasteiger partial charge in [-0.15, -0.1) is 0 Å². The van der Waals surface area contributed by atoms with E-state index in [1.807, 2.05) is 77.4 Å². The van der Waals surface area contributed by atoms with Crippen molar-refractivity contribution in [2.45, 2.75) is 46.1 Å². The average Bonchev–Trinajstić information content (AvgIpc) is 3.28. The average molecular weight is 537 g/mol. The summed E-state index contributed by atoms with van der Waals surface area (Å²) in [6.07, 6.45) is 10.3. The molecule has 0 bridgehead atoms. The third kappa shape index (κ3) is 5.61. The molecule has 206 valence electrons. The first kappa shape index (κ1) is 27.1. The molecule has 1 aliphatic rings. The fraction of sp³-hybridized carbons (Fsp3) is 0.312. The summed E-state index contributed by atoms with van der Waals surface area (Å²) in [5.74, 6) is 1.39. The van der Waals surface area contributed by atoms with Gasteiger partial charge in [-0.3, -0.25) is 9.59 Å². The van der Waals surface area contributed by atoms with Crippen molar-refractivity contribution in [1.29, 1.82) is 0 Å². The first-order valence-corrected chi connectivity index (χ1v) is 13.9. The van der Waals surface area contributed by atoms with Crippen LogP contribution in [-0.2, 0) is 24.8 Å². The van der Waals surface area contributed by atoms with Gasteiger partial charge < -0.3 is 19.8 Å². The first-order valence-electron chi connectivity index (χ1n) is 13.9. The largest absolute Gasteiger partial charge is 0.387 e. The van der Waals surface area contributed by atoms with Crippen LogP contribution in [0.1, 0.15) is 44.5 Å². The molecule has 0 unspecified atom stereocenters. The third-order valence-electron chi connectivity index (χ3n) is 7.35. The molecule has 0 spiro atoms. The van der Waals surface area contributed by atoms with Crippen LogP contribution >= 0.6 is 0 Å². The van der Waals surface area contributed by atoms with Gasteiger partial charge in [-0.2, -0.15) is 0 Å². The van der Waals surface area contributed by atoms with Gasteiger partial charge in [-0.05, 0) is 59.7 Å². The lowest BCUT2D eigenvalue weighted by Gasteiger charge is -2.22. The summed E-state index contributed by atoms with van der Waals surface area (Å²) in [5.41, 5.74) is 10.5. The Labute approximate surface area is 234 Å². The number of aryl methyl sites for hydroxylation is 3. The Bertz CT molecular complexity index is 1670. The Balaban J connectivity index is 1.42. The zero-order chi connectivity index (χ0) is 28.2. The number of pyridine rings is 1. The maximum atomic E-state index is 13.3. The Morgan fingerprint density at radius 1 is 1.02 bits per heavy atom. The van der Waals surface area contributed by atoms with Crippen molar-refractivity contribution in [3.05, 3.63) is 88.4 Å². The van der Waals surface area contributed by atoms with E-state index in [0.29, 0.717) is 36.2 Å². The van der Waals surface area contributed by atoms with Crippen molar-refractivity contribution in [3.8, 4) is 11.1 Å². The maximum Gasteiger partial charge on any atom is 0.258 e. The van der Waals surface area contributed by atoms with Crippen LogP contribution in [0.4, 0.5) is 5.69 Å². The molecule has 5 rings (SSSR count). The molecular weight excluding hydrogens is 500 g/mol. The molecule has 2 aromatic carbocycles. The molecule has 0 fully saturated rings. The number of benzene rings is 2. The Kier molecular flexibility index (Phi) is 7.96. The lowest BCUT2D eigenvalue weighted by Crippen LogP contribution is -2.34. The van der Waals surface area contributed by atoms with Gasteiger partial charge in [0.05, 0.1) is 5.69 Å². The molecule has 1 amide bonds. The van der Waals surface area contributed by atoms with Gasteiger partial charge in [-0.25, -0.2) is 9.98 Å². The van der Waals surface area contributed by atoms with E-state index < -0.39 is 0 Å². The highest BCUT2D eigenvalue weighted by Crippen LogP contribution is 2.33. The molecule has 0 saturated carbocycles. The normalized spacial score (nSPS) is 13.0. The van der Waals surface area contributed by atoms with E-state index in [-0.39, 0.29) is 11.5 Å². The minimum Gasteiger partial charge on any atom is -0.387 e. The van der Waals surface area contributed by atoms with Crippen LogP contribution in [-0.4, -0.2) is 43.9 Å². The van der Waals surface area contributed by atoms with Crippen LogP contribution in [0, 0.1) is 0 Å². The number of carbonyl (C=O) groups excluding carboxylic acids is 1. The van der Waals surface area contributed by atoms with Crippen LogP contribution in [0.15, 0.2) is 76.4 Å². The molecule has 1 aliphatic heterocycles. The smallest absolute Gasteiger partial charge is 0.258 e. The van der Waals surface area contributed by atoms with Gasteiger partial charge in [0.1, 0.15) is 11.7 Å². The molecule has 0 saturated heterocycles. The standard InChI is InChI=1S/C32H36N6O2/c1-4-13-37(14-5-2)31(39)26-19-25-7-6-23(20-28(25)35-29(33)21-26)22-8-9-27-24(18-22)10-15-38(32(27)40)16-11-30-34-12-17-36(30)3/h6-10,12,15,17-20H,4-5,11,13-14,16,21H2,1-3H3,(H2,33,35). The number of nitrogens with two attached hydrogens (primary N) is 1. The quantitative estimate of drug-likeness (QED) is 0.323. The molecule has 0 aliphatic carbocycles. The van der Waals surface area contributed by atoms with Crippen molar-refractivity contribution in [1.82, 2.24) is 19.0 Å². The number of amidine groups is 1. The summed E-state index contributed by atoms with van der Waals surface area (Å²) in [6, 6.07) is 13.9. The van der Waals surface area contributed by atoms with Gasteiger partial charge in [-0.1, -0.05) is 32.0 Å². The first-order chi connectivity index (χ1) is 19.4. The number of aliphatic imine (C=N–C) groups is 1. The van der Waals surface area contributed by atoms with Crippen LogP contribution < -0.4 is 11.3 Å². The van der Waals surface area contributed by atoms with Gasteiger partial charge in [0.15, 0.2) is 0 Å². The van der Waals surface area contributed by atoms with Crippen LogP contribution in [0.5, 0.6) is 0 Å². The van der Waals surface area contributed by atoms with E-state index in [0.717, 1.165) is 59.5 Å². The number of hydrogen-bond donors (Lipinski definition) is 1. The van der Waals surface area contributed by atoms with Gasteiger partial charge in [0, 0.05) is 74.6 Å². The SMILES string of the molecule is CCCN(CCC)C(=O)C1=Cc2ccc(-c3ccc4c(=O)n(CCc5nccn5C)ccc4c3)cc2N=C(N)C1. The van der Waals surface area contributed by atoms with Crippen molar-refractivity contribution >= 4 is 34.3 Å². The van der Waals surface area contributed by atoms with Gasteiger partial charge in [0.25, 0.3) is 5.56 Å². The number of hydrogen-bond acceptors (Lipinski definition) is 5. The molecule has 8 heteroatoms. The Hall–Kier alpha value is -4.46. The summed E-state index contributed by atoms with van der Waals surface area (Å²) in [7, 11) is 1.96. The molecule has 0 atom stereocenters. The molecule has 3 heterocycles. The molecule has 2 aromatic heterocycles. The van der Waals surface area contributed by atoms with E-state index in [1.54, 1.807) is 10.8 Å². The van der Waals surface area contributed by atoms with E-state index in [1.165, 1.54) is 0 Å². The number of aromatic nitrogens is 3. The minimum atomic E-state index is -0.0138. The zero-order valence-corrected chi connectivity index (χ0v) is 23.4. The fourth-order valence-corrected chi connectivity index (χ4v) is 5.27. The van der Waals surface area contributed by atoms with Crippen LogP contribution in [0.25, 0.3) is 28.0 Å². The summed E-state index contributed by atoms with van der Waals surface area (Å²) in [4.78, 5) is 37.4. The number of fused-ring (bicyclic) bond motifs is 2. The number of carbonyl (C=O) groups is 1. The van der Waals surface area contributed by atoms with E-state index in [9.17, 15) is 9.59 Å². The number of imidazole rings is 1. The fourth-order valence-electron chi connectivity index (χ4n) is 5.27. The lowest BCUT2D eigenvalue weighted by molar-refractivity contribution is -0.127. The van der Waals surface area contributed by atoms with E-state index >= 15 is 0 Å². The summed E-state index contributed by atoms with van der Waals surface area (Å²) in [6.45, 7) is 6.18. The monoisotopic (exact) mass is 536 g/mol. The topological polar surface area (TPSA) is 98.5 Å². The predicted octanol–water partition coefficient (Wildman–Crippen LogP) is 5.07. The summed E-state index contributed by atoms with van der Waals surface area (Å²) >= 11 is 0. The molecule has 8 nitrogen and oxygen atoms in total. The third-order valence-corrected chi connectivity index (χ3v) is 7.35. The van der Waals surface area contributed by atoms with Gasteiger partial charge >= 0.3 is 0 Å². The number of amides is 1. The van der Waals surface area contributed by atoms with Crippen molar-refractivity contribution < 1.29 is 4.79 Å². The van der Waals surface area contributed by atoms with Crippen LogP contribution in [0.2, 0.25) is 0 Å². The zero-order valence-electron chi connectivity index (χ0n) is 23.4. The van der Waals surface area contributed by atoms with Crippen molar-refractivity contribution in [3.63, 3.8) is 0 Å². The number of rotatable bonds is 9. The molecule has 2 N–H and O–H groups in total. The van der Waals surface area contributed by atoms with Crippen LogP contribution in [0.3, 0.4) is 0 Å². The molecule has 0 radical (unpaired) electrons. The summed E-state index contributed by atoms with van der Waals surface area (Å²) in [5, 5.41) is 1.56. The molecule has 40 heavy (non-hydrogen) atoms. The van der Waals surface area contributed by atoms with E-state index in [4.69, 9.17) is 5.73 Å². The lowest BCUT2D eigenvalue weighted by atomic mass is 9.99. The molecule has 4 aromatic rings. The molecular formula is C32H36N6O2. The van der Waals surface area contributed by atoms with Gasteiger partial charge in [0.2, 0.25) is 5.91 Å². The maximum absolute atomic E-state index is 13.3. The highest BCUT2D eigenvalue weighted by molar-refractivity contribution is 6.05. The number of nitrogens with zero attached hydrogens (tertiary/aromatic N) is 5. The predicted molar refractivity (Wildman–Crippen MR) is 162 cm³/mol. The summed E-state index contributed by atoms with van der Waals surface area (Å²) < 4.78 is 3.71. The second-order valence-electron chi connectivity index (χ2n) is 10.3. The highest BCUT2D eigenvalue weighted by Gasteiger charge is 2.21. The van der Waals surface area contributed by atoms with E-state index in [2.05, 4.69) is 23.8 Å². The minimum absolute atomic E-state index is 0.0138. The highest BCUT2D eigenvalue weighted by atomic mass is 16.2. The Morgan fingerprint density at radius 2 is 1.77 bits per heavy atom. The second-order valence-corrected chi connectivity index (χ2v) is 10.3. The second kappa shape index (κ2) is 11.7. The Morgan fingerprint density at radius 3 is 2.50 bits per heavy atom. The van der Waals surface area contributed by atoms with Crippen molar-refractivity contribution in [2.24, 2.45) is 17.8 Å². The van der Waals surface area contributed by atoms with Crippen molar-refractivity contribution in [2.75, 3.05) is 13.1 Å².